The van der Waals surface area contributed by atoms with Crippen molar-refractivity contribution >= 4 is 24.2 Å². The quantitative estimate of drug-likeness (QED) is 0.235. The number of ether oxygens (including phenoxy) is 3. The van der Waals surface area contributed by atoms with Crippen LogP contribution in [0.4, 0.5) is 0 Å². The van der Waals surface area contributed by atoms with E-state index in [0.29, 0.717) is 17.6 Å². The molecule has 0 unspecified atom stereocenters. The van der Waals surface area contributed by atoms with Gasteiger partial charge >= 0.3 is 17.9 Å². The van der Waals surface area contributed by atoms with E-state index in [1.807, 2.05) is 0 Å². The van der Waals surface area contributed by atoms with Crippen LogP contribution < -0.4 is 4.74 Å². The molecule has 1 rings (SSSR count). The average molecular weight is 320 g/mol. The number of benzene rings is 1. The highest BCUT2D eigenvalue weighted by Gasteiger charge is 2.06. The van der Waals surface area contributed by atoms with Gasteiger partial charge in [0.2, 0.25) is 0 Å². The van der Waals surface area contributed by atoms with Crippen molar-refractivity contribution in [2.24, 2.45) is 0 Å². The third-order valence-electron chi connectivity index (χ3n) is 2.57. The average Bonchev–Trinajstić information content (AvgIpc) is 2.57. The number of rotatable bonds is 8. The lowest BCUT2D eigenvalue weighted by atomic mass is 10.2. The first-order valence-electron chi connectivity index (χ1n) is 6.74. The smallest absolute Gasteiger partial charge is 0.331 e. The minimum Gasteiger partial charge on any atom is -0.466 e. The molecule has 0 aliphatic rings. The molecule has 0 fully saturated rings. The summed E-state index contributed by atoms with van der Waals surface area (Å²) in [4.78, 5) is 44.0. The van der Waals surface area contributed by atoms with Crippen LogP contribution in [0.15, 0.2) is 36.4 Å². The summed E-state index contributed by atoms with van der Waals surface area (Å²) >= 11 is 0. The summed E-state index contributed by atoms with van der Waals surface area (Å²) in [6, 6.07) is 6.09. The van der Waals surface area contributed by atoms with Crippen LogP contribution in [0, 0.1) is 0 Å². The standard InChI is InChI=1S/C16H16O7/c1-21-14(18)8-9-15(19)22-10-2-3-16(20)23-13-6-4-12(11-17)5-7-13/h4-9,11H,2-3,10H2,1H3/b9-8-. The minimum absolute atomic E-state index is 0.0174. The Morgan fingerprint density at radius 2 is 1.70 bits per heavy atom. The molecule has 1 aromatic carbocycles. The SMILES string of the molecule is COC(=O)/C=C\C(=O)OCCCC(=O)Oc1ccc(C=O)cc1. The molecule has 1 aromatic rings. The summed E-state index contributed by atoms with van der Waals surface area (Å²) in [5, 5.41) is 0. The summed E-state index contributed by atoms with van der Waals surface area (Å²) < 4.78 is 14.1. The van der Waals surface area contributed by atoms with Crippen LogP contribution in [-0.2, 0) is 23.9 Å². The van der Waals surface area contributed by atoms with Crippen molar-refractivity contribution in [3.63, 3.8) is 0 Å². The van der Waals surface area contributed by atoms with Gasteiger partial charge in [-0.15, -0.1) is 0 Å². The Morgan fingerprint density at radius 1 is 1.04 bits per heavy atom. The monoisotopic (exact) mass is 320 g/mol. The Kier molecular flexibility index (Phi) is 7.77. The van der Waals surface area contributed by atoms with Crippen LogP contribution in [0.5, 0.6) is 5.75 Å². The summed E-state index contributed by atoms with van der Waals surface area (Å²) in [7, 11) is 1.19. The molecule has 0 N–H and O–H groups in total. The van der Waals surface area contributed by atoms with Gasteiger partial charge < -0.3 is 14.2 Å². The maximum absolute atomic E-state index is 11.6. The van der Waals surface area contributed by atoms with Crippen LogP contribution >= 0.6 is 0 Å². The van der Waals surface area contributed by atoms with Gasteiger partial charge in [-0.25, -0.2) is 9.59 Å². The Hall–Kier alpha value is -2.96. The van der Waals surface area contributed by atoms with Gasteiger partial charge in [-0.05, 0) is 30.7 Å². The van der Waals surface area contributed by atoms with E-state index >= 15 is 0 Å². The number of methoxy groups -OCH3 is 1. The zero-order valence-corrected chi connectivity index (χ0v) is 12.5. The molecule has 0 amide bonds. The molecule has 0 heterocycles. The highest BCUT2D eigenvalue weighted by molar-refractivity contribution is 5.91. The highest BCUT2D eigenvalue weighted by atomic mass is 16.5. The van der Waals surface area contributed by atoms with Crippen molar-refractivity contribution in [1.29, 1.82) is 0 Å². The molecule has 0 saturated carbocycles. The van der Waals surface area contributed by atoms with Crippen LogP contribution in [0.3, 0.4) is 0 Å². The molecule has 7 heteroatoms. The Bertz CT molecular complexity index is 587. The fourth-order valence-corrected chi connectivity index (χ4v) is 1.44. The van der Waals surface area contributed by atoms with Gasteiger partial charge in [0.25, 0.3) is 0 Å². The number of aldehydes is 1. The topological polar surface area (TPSA) is 96.0 Å². The molecule has 0 atom stereocenters. The lowest BCUT2D eigenvalue weighted by Gasteiger charge is -2.04. The fourth-order valence-electron chi connectivity index (χ4n) is 1.44. The van der Waals surface area contributed by atoms with E-state index in [1.54, 1.807) is 0 Å². The number of carbonyl (C=O) groups is 4. The molecular weight excluding hydrogens is 304 g/mol. The van der Waals surface area contributed by atoms with Crippen LogP contribution in [0.2, 0.25) is 0 Å². The number of carbonyl (C=O) groups excluding carboxylic acids is 4. The van der Waals surface area contributed by atoms with Gasteiger partial charge in [0.1, 0.15) is 12.0 Å². The predicted octanol–water partition coefficient (Wildman–Crippen LogP) is 1.46. The van der Waals surface area contributed by atoms with E-state index in [-0.39, 0.29) is 19.4 Å². The van der Waals surface area contributed by atoms with Gasteiger partial charge in [0, 0.05) is 24.1 Å². The lowest BCUT2D eigenvalue weighted by Crippen LogP contribution is -2.10. The molecule has 7 nitrogen and oxygen atoms in total. The second kappa shape index (κ2) is 9.88. The van der Waals surface area contributed by atoms with Crippen molar-refractivity contribution in [3.05, 3.63) is 42.0 Å². The summed E-state index contributed by atoms with van der Waals surface area (Å²) in [5.41, 5.74) is 0.483. The molecular formula is C16H16O7. The van der Waals surface area contributed by atoms with Crippen LogP contribution in [0.1, 0.15) is 23.2 Å². The first-order valence-corrected chi connectivity index (χ1v) is 6.74. The molecule has 23 heavy (non-hydrogen) atoms. The summed E-state index contributed by atoms with van der Waals surface area (Å²) in [6.07, 6.45) is 2.92. The van der Waals surface area contributed by atoms with E-state index in [9.17, 15) is 19.2 Å². The first kappa shape index (κ1) is 18.1. The van der Waals surface area contributed by atoms with Crippen LogP contribution in [0.25, 0.3) is 0 Å². The third kappa shape index (κ3) is 7.56. The largest absolute Gasteiger partial charge is 0.466 e. The highest BCUT2D eigenvalue weighted by Crippen LogP contribution is 2.12. The Balaban J connectivity index is 2.23. The second-order valence-electron chi connectivity index (χ2n) is 4.29. The molecule has 0 spiro atoms. The second-order valence-corrected chi connectivity index (χ2v) is 4.29. The molecule has 0 saturated heterocycles. The van der Waals surface area contributed by atoms with Crippen molar-refractivity contribution < 1.29 is 33.4 Å². The zero-order chi connectivity index (χ0) is 17.1. The van der Waals surface area contributed by atoms with Gasteiger partial charge in [0.05, 0.1) is 13.7 Å². The van der Waals surface area contributed by atoms with E-state index < -0.39 is 17.9 Å². The molecule has 0 bridgehead atoms. The van der Waals surface area contributed by atoms with Crippen LogP contribution in [-0.4, -0.2) is 37.9 Å². The van der Waals surface area contributed by atoms with Gasteiger partial charge in [-0.2, -0.15) is 0 Å². The van der Waals surface area contributed by atoms with Gasteiger partial charge in [-0.1, -0.05) is 0 Å². The lowest BCUT2D eigenvalue weighted by molar-refractivity contribution is -0.140. The van der Waals surface area contributed by atoms with Gasteiger partial charge in [-0.3, -0.25) is 9.59 Å². The first-order chi connectivity index (χ1) is 11.0. The van der Waals surface area contributed by atoms with Gasteiger partial charge in [0.15, 0.2) is 0 Å². The fraction of sp³-hybridized carbons (Fsp3) is 0.250. The van der Waals surface area contributed by atoms with Crippen molar-refractivity contribution in [2.45, 2.75) is 12.8 Å². The maximum Gasteiger partial charge on any atom is 0.331 e. The number of esters is 3. The predicted molar refractivity (Wildman–Crippen MR) is 78.8 cm³/mol. The maximum atomic E-state index is 11.6. The van der Waals surface area contributed by atoms with Crippen molar-refractivity contribution in [2.75, 3.05) is 13.7 Å². The molecule has 0 aliphatic heterocycles. The normalized spacial score (nSPS) is 10.1. The molecule has 0 aliphatic carbocycles. The van der Waals surface area contributed by atoms with E-state index in [0.717, 1.165) is 12.2 Å². The third-order valence-corrected chi connectivity index (χ3v) is 2.57. The minimum atomic E-state index is -0.701. The molecule has 0 aromatic heterocycles. The van der Waals surface area contributed by atoms with E-state index in [4.69, 9.17) is 9.47 Å². The summed E-state index contributed by atoms with van der Waals surface area (Å²) in [6.45, 7) is 0.0174. The number of hydrogen-bond donors (Lipinski definition) is 0. The molecule has 122 valence electrons. The Morgan fingerprint density at radius 3 is 2.30 bits per heavy atom. The summed E-state index contributed by atoms with van der Waals surface area (Å²) in [5.74, 6) is -1.51. The van der Waals surface area contributed by atoms with Crippen molar-refractivity contribution in [3.8, 4) is 5.75 Å². The van der Waals surface area contributed by atoms with E-state index in [2.05, 4.69) is 4.74 Å². The Labute approximate surface area is 132 Å². The number of hydrogen-bond acceptors (Lipinski definition) is 7. The molecule has 0 radical (unpaired) electrons. The van der Waals surface area contributed by atoms with E-state index in [1.165, 1.54) is 31.4 Å². The van der Waals surface area contributed by atoms with Crippen molar-refractivity contribution in [1.82, 2.24) is 0 Å². The zero-order valence-electron chi connectivity index (χ0n) is 12.5.